The molecule has 1 aromatic rings. The molecule has 0 amide bonds. The topological polar surface area (TPSA) is 21.3 Å². The minimum absolute atomic E-state index is 0. The van der Waals surface area contributed by atoms with Crippen LogP contribution in [0.15, 0.2) is 24.3 Å². The molecule has 0 bridgehead atoms. The molecule has 0 heterocycles. The first-order valence-corrected chi connectivity index (χ1v) is 6.67. The van der Waals surface area contributed by atoms with Gasteiger partial charge in [0.05, 0.1) is 0 Å². The Morgan fingerprint density at radius 3 is 2.67 bits per heavy atom. The van der Waals surface area contributed by atoms with Crippen molar-refractivity contribution in [3.05, 3.63) is 29.8 Å². The third-order valence-corrected chi connectivity index (χ3v) is 2.78. The third kappa shape index (κ3) is 6.87. The van der Waals surface area contributed by atoms with Crippen LogP contribution in [0.2, 0.25) is 0 Å². The van der Waals surface area contributed by atoms with E-state index in [1.54, 1.807) is 0 Å². The Morgan fingerprint density at radius 1 is 1.22 bits per heavy atom. The molecule has 1 aromatic carbocycles. The molecule has 0 aliphatic heterocycles. The van der Waals surface area contributed by atoms with Gasteiger partial charge in [0, 0.05) is 6.54 Å². The zero-order valence-corrected chi connectivity index (χ0v) is 12.6. The average Bonchev–Trinajstić information content (AvgIpc) is 2.34. The molecule has 0 saturated heterocycles. The lowest BCUT2D eigenvalue weighted by Crippen LogP contribution is -2.21. The fourth-order valence-corrected chi connectivity index (χ4v) is 1.63. The molecule has 0 atom stereocenters. The van der Waals surface area contributed by atoms with Crippen LogP contribution in [0.5, 0.6) is 5.75 Å². The SMILES string of the molecule is CCCCNCCOc1cccc(C(C)C)c1.Cl. The molecule has 3 heteroatoms. The first-order valence-electron chi connectivity index (χ1n) is 6.67. The van der Waals surface area contributed by atoms with E-state index in [4.69, 9.17) is 4.74 Å². The van der Waals surface area contributed by atoms with Crippen LogP contribution in [-0.4, -0.2) is 19.7 Å². The van der Waals surface area contributed by atoms with Crippen molar-refractivity contribution in [3.63, 3.8) is 0 Å². The standard InChI is InChI=1S/C15H25NO.ClH/c1-4-5-9-16-10-11-17-15-8-6-7-14(12-15)13(2)3;/h6-8,12-13,16H,4-5,9-11H2,1-3H3;1H. The first kappa shape index (κ1) is 17.3. The van der Waals surface area contributed by atoms with E-state index < -0.39 is 0 Å². The molecule has 104 valence electrons. The molecule has 0 radical (unpaired) electrons. The smallest absolute Gasteiger partial charge is 0.119 e. The lowest BCUT2D eigenvalue weighted by molar-refractivity contribution is 0.313. The van der Waals surface area contributed by atoms with Gasteiger partial charge in [0.25, 0.3) is 0 Å². The number of unbranched alkanes of at least 4 members (excludes halogenated alkanes) is 1. The summed E-state index contributed by atoms with van der Waals surface area (Å²) in [6, 6.07) is 8.38. The van der Waals surface area contributed by atoms with Crippen molar-refractivity contribution in [1.82, 2.24) is 5.32 Å². The van der Waals surface area contributed by atoms with Gasteiger partial charge in [0.2, 0.25) is 0 Å². The van der Waals surface area contributed by atoms with Crippen molar-refractivity contribution < 1.29 is 4.74 Å². The molecule has 0 unspecified atom stereocenters. The van der Waals surface area contributed by atoms with Gasteiger partial charge in [-0.25, -0.2) is 0 Å². The number of ether oxygens (including phenoxy) is 1. The van der Waals surface area contributed by atoms with Crippen molar-refractivity contribution in [3.8, 4) is 5.75 Å². The van der Waals surface area contributed by atoms with E-state index in [9.17, 15) is 0 Å². The maximum absolute atomic E-state index is 5.71. The van der Waals surface area contributed by atoms with Gasteiger partial charge in [0.1, 0.15) is 12.4 Å². The molecular weight excluding hydrogens is 246 g/mol. The molecule has 1 N–H and O–H groups in total. The molecule has 0 aliphatic carbocycles. The number of benzene rings is 1. The lowest BCUT2D eigenvalue weighted by atomic mass is 10.0. The Hall–Kier alpha value is -0.730. The third-order valence-electron chi connectivity index (χ3n) is 2.78. The molecular formula is C15H26ClNO. The summed E-state index contributed by atoms with van der Waals surface area (Å²) in [6.07, 6.45) is 2.48. The lowest BCUT2D eigenvalue weighted by Gasteiger charge is -2.10. The van der Waals surface area contributed by atoms with Gasteiger partial charge < -0.3 is 10.1 Å². The van der Waals surface area contributed by atoms with Crippen LogP contribution in [0.4, 0.5) is 0 Å². The second-order valence-electron chi connectivity index (χ2n) is 4.68. The maximum Gasteiger partial charge on any atom is 0.119 e. The minimum Gasteiger partial charge on any atom is -0.492 e. The minimum atomic E-state index is 0. The molecule has 0 spiro atoms. The maximum atomic E-state index is 5.71. The van der Waals surface area contributed by atoms with Gasteiger partial charge in [-0.15, -0.1) is 12.4 Å². The number of rotatable bonds is 8. The van der Waals surface area contributed by atoms with Crippen LogP contribution in [-0.2, 0) is 0 Å². The highest BCUT2D eigenvalue weighted by Gasteiger charge is 2.00. The van der Waals surface area contributed by atoms with Crippen LogP contribution in [0, 0.1) is 0 Å². The van der Waals surface area contributed by atoms with Crippen molar-refractivity contribution in [1.29, 1.82) is 0 Å². The van der Waals surface area contributed by atoms with Gasteiger partial charge in [-0.05, 0) is 36.6 Å². The Bertz CT molecular complexity index is 315. The summed E-state index contributed by atoms with van der Waals surface area (Å²) in [4.78, 5) is 0. The Kier molecular flexibility index (Phi) is 9.80. The summed E-state index contributed by atoms with van der Waals surface area (Å²) in [5.74, 6) is 1.54. The molecule has 2 nitrogen and oxygen atoms in total. The van der Waals surface area contributed by atoms with E-state index in [-0.39, 0.29) is 12.4 Å². The van der Waals surface area contributed by atoms with E-state index in [0.717, 1.165) is 25.4 Å². The Morgan fingerprint density at radius 2 is 2.00 bits per heavy atom. The summed E-state index contributed by atoms with van der Waals surface area (Å²) in [7, 11) is 0. The molecule has 1 rings (SSSR count). The summed E-state index contributed by atoms with van der Waals surface area (Å²) < 4.78 is 5.71. The van der Waals surface area contributed by atoms with Crippen LogP contribution in [0.3, 0.4) is 0 Å². The van der Waals surface area contributed by atoms with Crippen LogP contribution >= 0.6 is 12.4 Å². The van der Waals surface area contributed by atoms with Crippen LogP contribution in [0.25, 0.3) is 0 Å². The van der Waals surface area contributed by atoms with Gasteiger partial charge in [-0.3, -0.25) is 0 Å². The molecule has 0 aromatic heterocycles. The predicted molar refractivity (Wildman–Crippen MR) is 81.1 cm³/mol. The highest BCUT2D eigenvalue weighted by Crippen LogP contribution is 2.19. The zero-order valence-electron chi connectivity index (χ0n) is 11.7. The number of halogens is 1. The molecule has 0 fully saturated rings. The van der Waals surface area contributed by atoms with Crippen molar-refractivity contribution in [2.24, 2.45) is 0 Å². The largest absolute Gasteiger partial charge is 0.492 e. The van der Waals surface area contributed by atoms with E-state index >= 15 is 0 Å². The quantitative estimate of drug-likeness (QED) is 0.722. The van der Waals surface area contributed by atoms with Gasteiger partial charge >= 0.3 is 0 Å². The van der Waals surface area contributed by atoms with Crippen molar-refractivity contribution in [2.45, 2.75) is 39.5 Å². The van der Waals surface area contributed by atoms with Crippen LogP contribution in [0.1, 0.15) is 45.1 Å². The summed E-state index contributed by atoms with van der Waals surface area (Å²) in [6.45, 7) is 9.36. The van der Waals surface area contributed by atoms with Crippen molar-refractivity contribution in [2.75, 3.05) is 19.7 Å². The fourth-order valence-electron chi connectivity index (χ4n) is 1.63. The van der Waals surface area contributed by atoms with E-state index in [0.29, 0.717) is 5.92 Å². The number of hydrogen-bond donors (Lipinski definition) is 1. The highest BCUT2D eigenvalue weighted by atomic mass is 35.5. The van der Waals surface area contributed by atoms with Crippen LogP contribution < -0.4 is 10.1 Å². The van der Waals surface area contributed by atoms with Gasteiger partial charge in [0.15, 0.2) is 0 Å². The average molecular weight is 272 g/mol. The van der Waals surface area contributed by atoms with Crippen molar-refractivity contribution >= 4 is 12.4 Å². The summed E-state index contributed by atoms with van der Waals surface area (Å²) in [5, 5.41) is 3.37. The van der Waals surface area contributed by atoms with E-state index in [1.165, 1.54) is 18.4 Å². The monoisotopic (exact) mass is 271 g/mol. The van der Waals surface area contributed by atoms with E-state index in [1.807, 2.05) is 6.07 Å². The predicted octanol–water partition coefficient (Wildman–Crippen LogP) is 4.00. The Balaban J connectivity index is 0.00000289. The molecule has 18 heavy (non-hydrogen) atoms. The number of hydrogen-bond acceptors (Lipinski definition) is 2. The highest BCUT2D eigenvalue weighted by molar-refractivity contribution is 5.85. The zero-order chi connectivity index (χ0) is 12.5. The van der Waals surface area contributed by atoms with Gasteiger partial charge in [-0.2, -0.15) is 0 Å². The fraction of sp³-hybridized carbons (Fsp3) is 0.600. The molecule has 0 saturated carbocycles. The first-order chi connectivity index (χ1) is 8.24. The second kappa shape index (κ2) is 10.2. The molecule has 0 aliphatic rings. The summed E-state index contributed by atoms with van der Waals surface area (Å²) >= 11 is 0. The second-order valence-corrected chi connectivity index (χ2v) is 4.68. The number of nitrogens with one attached hydrogen (secondary N) is 1. The van der Waals surface area contributed by atoms with E-state index in [2.05, 4.69) is 44.3 Å². The normalized spacial score (nSPS) is 10.2. The summed E-state index contributed by atoms with van der Waals surface area (Å²) in [5.41, 5.74) is 1.33. The van der Waals surface area contributed by atoms with Gasteiger partial charge in [-0.1, -0.05) is 39.3 Å². The Labute approximate surface area is 118 Å².